The Morgan fingerprint density at radius 3 is 2.64 bits per heavy atom. The van der Waals surface area contributed by atoms with Gasteiger partial charge in [0.1, 0.15) is 0 Å². The van der Waals surface area contributed by atoms with Crippen molar-refractivity contribution in [1.82, 2.24) is 15.5 Å². The Bertz CT molecular complexity index is 143. The lowest BCUT2D eigenvalue weighted by Crippen LogP contribution is -2.58. The highest BCUT2D eigenvalue weighted by Gasteiger charge is 2.18. The molecule has 0 unspecified atom stereocenters. The Balaban J connectivity index is 2.09. The van der Waals surface area contributed by atoms with E-state index >= 15 is 0 Å². The quantitative estimate of drug-likeness (QED) is 0.531. The first-order valence-electron chi connectivity index (χ1n) is 3.83. The predicted octanol–water partition coefficient (Wildman–Crippen LogP) is -1.36. The van der Waals surface area contributed by atoms with Crippen LogP contribution in [0.3, 0.4) is 0 Å². The largest absolute Gasteiger partial charge is 0.350 e. The van der Waals surface area contributed by atoms with Gasteiger partial charge in [0.2, 0.25) is 5.91 Å². The molecule has 0 saturated carbocycles. The highest BCUT2D eigenvalue weighted by Crippen LogP contribution is 1.89. The van der Waals surface area contributed by atoms with Gasteiger partial charge >= 0.3 is 0 Å². The van der Waals surface area contributed by atoms with Gasteiger partial charge in [0, 0.05) is 13.1 Å². The second-order valence-electron chi connectivity index (χ2n) is 3.16. The van der Waals surface area contributed by atoms with E-state index in [0.717, 1.165) is 13.1 Å². The molecule has 1 heterocycles. The maximum absolute atomic E-state index is 11.1. The van der Waals surface area contributed by atoms with Crippen molar-refractivity contribution in [2.75, 3.05) is 33.7 Å². The molecule has 64 valence electrons. The van der Waals surface area contributed by atoms with Gasteiger partial charge in [-0.05, 0) is 14.1 Å². The number of hydrogen-bond acceptors (Lipinski definition) is 3. The maximum atomic E-state index is 11.1. The summed E-state index contributed by atoms with van der Waals surface area (Å²) in [6, 6.07) is 0.363. The van der Waals surface area contributed by atoms with Crippen molar-refractivity contribution in [2.45, 2.75) is 6.04 Å². The molecule has 0 aromatic heterocycles. The summed E-state index contributed by atoms with van der Waals surface area (Å²) in [6.45, 7) is 2.31. The van der Waals surface area contributed by atoms with Crippen LogP contribution in [0.25, 0.3) is 0 Å². The SMILES string of the molecule is CN(C)CC(=O)NC1CNC1. The minimum Gasteiger partial charge on any atom is -0.350 e. The van der Waals surface area contributed by atoms with Gasteiger partial charge in [-0.25, -0.2) is 0 Å². The van der Waals surface area contributed by atoms with E-state index in [1.54, 1.807) is 0 Å². The Kier molecular flexibility index (Phi) is 2.84. The molecule has 0 atom stereocenters. The Hall–Kier alpha value is -0.610. The average molecular weight is 157 g/mol. The fourth-order valence-electron chi connectivity index (χ4n) is 0.951. The molecule has 1 amide bonds. The van der Waals surface area contributed by atoms with Gasteiger partial charge in [-0.15, -0.1) is 0 Å². The van der Waals surface area contributed by atoms with E-state index in [1.165, 1.54) is 0 Å². The number of likely N-dealkylation sites (N-methyl/N-ethyl adjacent to an activating group) is 1. The zero-order valence-corrected chi connectivity index (χ0v) is 7.05. The van der Waals surface area contributed by atoms with Gasteiger partial charge < -0.3 is 15.5 Å². The molecule has 0 aromatic carbocycles. The summed E-state index contributed by atoms with van der Waals surface area (Å²) in [5.74, 6) is 0.113. The highest BCUT2D eigenvalue weighted by molar-refractivity contribution is 5.78. The monoisotopic (exact) mass is 157 g/mol. The highest BCUT2D eigenvalue weighted by atomic mass is 16.2. The van der Waals surface area contributed by atoms with Gasteiger partial charge in [-0.2, -0.15) is 0 Å². The van der Waals surface area contributed by atoms with Gasteiger partial charge in [-0.1, -0.05) is 0 Å². The van der Waals surface area contributed by atoms with E-state index < -0.39 is 0 Å². The van der Waals surface area contributed by atoms with Crippen LogP contribution in [-0.2, 0) is 4.79 Å². The fourth-order valence-corrected chi connectivity index (χ4v) is 0.951. The van der Waals surface area contributed by atoms with Crippen LogP contribution in [0.4, 0.5) is 0 Å². The van der Waals surface area contributed by atoms with Crippen molar-refractivity contribution >= 4 is 5.91 Å². The van der Waals surface area contributed by atoms with Crippen molar-refractivity contribution in [3.05, 3.63) is 0 Å². The molecular weight excluding hydrogens is 142 g/mol. The van der Waals surface area contributed by atoms with Crippen LogP contribution in [0, 0.1) is 0 Å². The van der Waals surface area contributed by atoms with E-state index in [4.69, 9.17) is 0 Å². The van der Waals surface area contributed by atoms with E-state index in [-0.39, 0.29) is 5.91 Å². The number of amides is 1. The molecule has 11 heavy (non-hydrogen) atoms. The number of nitrogens with zero attached hydrogens (tertiary/aromatic N) is 1. The van der Waals surface area contributed by atoms with Crippen molar-refractivity contribution in [3.63, 3.8) is 0 Å². The van der Waals surface area contributed by atoms with Crippen LogP contribution in [0.1, 0.15) is 0 Å². The average Bonchev–Trinajstić information content (AvgIpc) is 1.77. The van der Waals surface area contributed by atoms with E-state index in [2.05, 4.69) is 10.6 Å². The van der Waals surface area contributed by atoms with E-state index in [9.17, 15) is 4.79 Å². The summed E-state index contributed by atoms with van der Waals surface area (Å²) in [5.41, 5.74) is 0. The third-order valence-corrected chi connectivity index (χ3v) is 1.61. The molecule has 0 bridgehead atoms. The lowest BCUT2D eigenvalue weighted by Gasteiger charge is -2.28. The first kappa shape index (κ1) is 8.49. The molecule has 1 rings (SSSR count). The minimum atomic E-state index is 0.113. The smallest absolute Gasteiger partial charge is 0.234 e. The maximum Gasteiger partial charge on any atom is 0.234 e. The van der Waals surface area contributed by atoms with Crippen molar-refractivity contribution in [2.24, 2.45) is 0 Å². The van der Waals surface area contributed by atoms with E-state index in [1.807, 2.05) is 19.0 Å². The van der Waals surface area contributed by atoms with Crippen LogP contribution >= 0.6 is 0 Å². The molecule has 0 aliphatic carbocycles. The molecule has 4 nitrogen and oxygen atoms in total. The third-order valence-electron chi connectivity index (χ3n) is 1.61. The Morgan fingerprint density at radius 1 is 1.64 bits per heavy atom. The first-order chi connectivity index (χ1) is 5.18. The summed E-state index contributed by atoms with van der Waals surface area (Å²) >= 11 is 0. The second-order valence-corrected chi connectivity index (χ2v) is 3.16. The molecule has 0 radical (unpaired) electrons. The number of nitrogens with one attached hydrogen (secondary N) is 2. The Labute approximate surface area is 66.9 Å². The van der Waals surface area contributed by atoms with Gasteiger partial charge in [0.05, 0.1) is 12.6 Å². The Morgan fingerprint density at radius 2 is 2.27 bits per heavy atom. The van der Waals surface area contributed by atoms with Gasteiger partial charge in [-0.3, -0.25) is 4.79 Å². The van der Waals surface area contributed by atoms with Crippen molar-refractivity contribution in [1.29, 1.82) is 0 Å². The summed E-state index contributed by atoms with van der Waals surface area (Å²) < 4.78 is 0. The molecule has 0 spiro atoms. The number of carbonyl (C=O) groups excluding carboxylic acids is 1. The molecule has 1 aliphatic heterocycles. The molecular formula is C7H15N3O. The van der Waals surface area contributed by atoms with E-state index in [0.29, 0.717) is 12.6 Å². The zero-order valence-electron chi connectivity index (χ0n) is 7.05. The number of rotatable bonds is 3. The molecule has 1 fully saturated rings. The fraction of sp³-hybridized carbons (Fsp3) is 0.857. The zero-order chi connectivity index (χ0) is 8.27. The van der Waals surface area contributed by atoms with Crippen molar-refractivity contribution < 1.29 is 4.79 Å². The molecule has 1 saturated heterocycles. The second kappa shape index (κ2) is 3.69. The first-order valence-corrected chi connectivity index (χ1v) is 3.83. The summed E-state index contributed by atoms with van der Waals surface area (Å²) in [5, 5.41) is 6.00. The van der Waals surface area contributed by atoms with Crippen LogP contribution in [0.2, 0.25) is 0 Å². The van der Waals surface area contributed by atoms with Crippen LogP contribution < -0.4 is 10.6 Å². The topological polar surface area (TPSA) is 44.4 Å². The van der Waals surface area contributed by atoms with Crippen LogP contribution in [0.5, 0.6) is 0 Å². The van der Waals surface area contributed by atoms with Gasteiger partial charge in [0.15, 0.2) is 0 Å². The van der Waals surface area contributed by atoms with Crippen LogP contribution in [0.15, 0.2) is 0 Å². The standard InChI is InChI=1S/C7H15N3O/c1-10(2)5-7(11)9-6-3-8-4-6/h6,8H,3-5H2,1-2H3,(H,9,11). The summed E-state index contributed by atoms with van der Waals surface area (Å²) in [4.78, 5) is 12.9. The normalized spacial score (nSPS) is 18.1. The molecule has 1 aliphatic rings. The number of carbonyl (C=O) groups is 1. The van der Waals surface area contributed by atoms with Gasteiger partial charge in [0.25, 0.3) is 0 Å². The summed E-state index contributed by atoms with van der Waals surface area (Å²) in [7, 11) is 3.78. The van der Waals surface area contributed by atoms with Crippen LogP contribution in [-0.4, -0.2) is 50.6 Å². The lowest BCUT2D eigenvalue weighted by atomic mass is 10.2. The summed E-state index contributed by atoms with van der Waals surface area (Å²) in [6.07, 6.45) is 0. The predicted molar refractivity (Wildman–Crippen MR) is 43.4 cm³/mol. The molecule has 4 heteroatoms. The molecule has 2 N–H and O–H groups in total. The number of hydrogen-bond donors (Lipinski definition) is 2. The molecule has 0 aromatic rings. The lowest BCUT2D eigenvalue weighted by molar-refractivity contribution is -0.122. The van der Waals surface area contributed by atoms with Crippen molar-refractivity contribution in [3.8, 4) is 0 Å². The third kappa shape index (κ3) is 2.86. The minimum absolute atomic E-state index is 0.113.